The highest BCUT2D eigenvalue weighted by Gasteiger charge is 2.19. The predicted molar refractivity (Wildman–Crippen MR) is 76.6 cm³/mol. The van der Waals surface area contributed by atoms with Crippen LogP contribution in [0.3, 0.4) is 0 Å². The zero-order chi connectivity index (χ0) is 15.2. The van der Waals surface area contributed by atoms with E-state index in [-0.39, 0.29) is 18.9 Å². The summed E-state index contributed by atoms with van der Waals surface area (Å²) in [5.41, 5.74) is 1.40. The van der Waals surface area contributed by atoms with E-state index in [2.05, 4.69) is 5.10 Å². The molecule has 0 aliphatic heterocycles. The molecule has 21 heavy (non-hydrogen) atoms. The summed E-state index contributed by atoms with van der Waals surface area (Å²) in [4.78, 5) is 24.8. The van der Waals surface area contributed by atoms with E-state index in [1.165, 1.54) is 9.58 Å². The molecular formula is C15H17N3O3. The lowest BCUT2D eigenvalue weighted by molar-refractivity contribution is -0.137. The molecule has 0 unspecified atom stereocenters. The number of carboxylic acid groups (broad SMARTS) is 1. The van der Waals surface area contributed by atoms with Crippen molar-refractivity contribution in [3.05, 3.63) is 53.9 Å². The molecule has 1 amide bonds. The third-order valence-corrected chi connectivity index (χ3v) is 3.14. The Kier molecular flexibility index (Phi) is 4.71. The fourth-order valence-electron chi connectivity index (χ4n) is 2.03. The molecule has 6 nitrogen and oxygen atoms in total. The fraction of sp³-hybridized carbons (Fsp3) is 0.267. The van der Waals surface area contributed by atoms with Gasteiger partial charge < -0.3 is 10.0 Å². The van der Waals surface area contributed by atoms with Crippen LogP contribution in [0.1, 0.15) is 22.5 Å². The molecule has 0 bridgehead atoms. The summed E-state index contributed by atoms with van der Waals surface area (Å²) in [6.07, 6.45) is 1.46. The van der Waals surface area contributed by atoms with E-state index < -0.39 is 5.97 Å². The van der Waals surface area contributed by atoms with Gasteiger partial charge in [-0.2, -0.15) is 5.10 Å². The summed E-state index contributed by atoms with van der Waals surface area (Å²) >= 11 is 0. The summed E-state index contributed by atoms with van der Waals surface area (Å²) in [5.74, 6) is -1.15. The molecule has 110 valence electrons. The molecule has 0 aliphatic carbocycles. The normalized spacial score (nSPS) is 10.3. The minimum Gasteiger partial charge on any atom is -0.481 e. The maximum Gasteiger partial charge on any atom is 0.305 e. The van der Waals surface area contributed by atoms with Crippen LogP contribution in [0, 0.1) is 0 Å². The van der Waals surface area contributed by atoms with Gasteiger partial charge in [0.1, 0.15) is 5.69 Å². The van der Waals surface area contributed by atoms with Crippen LogP contribution in [-0.4, -0.2) is 38.2 Å². The van der Waals surface area contributed by atoms with E-state index in [0.717, 1.165) is 5.56 Å². The minimum atomic E-state index is -0.925. The molecule has 0 atom stereocenters. The van der Waals surface area contributed by atoms with Crippen molar-refractivity contribution in [2.45, 2.75) is 13.0 Å². The number of carbonyl (C=O) groups is 2. The molecule has 2 aromatic rings. The second kappa shape index (κ2) is 6.69. The Bertz CT molecular complexity index is 622. The Morgan fingerprint density at radius 2 is 1.95 bits per heavy atom. The molecular weight excluding hydrogens is 270 g/mol. The van der Waals surface area contributed by atoms with Gasteiger partial charge in [-0.1, -0.05) is 30.3 Å². The average Bonchev–Trinajstić information content (AvgIpc) is 2.90. The second-order valence-corrected chi connectivity index (χ2v) is 4.70. The zero-order valence-electron chi connectivity index (χ0n) is 11.8. The van der Waals surface area contributed by atoms with E-state index in [0.29, 0.717) is 12.2 Å². The van der Waals surface area contributed by atoms with Gasteiger partial charge in [0.05, 0.1) is 6.42 Å². The van der Waals surface area contributed by atoms with Gasteiger partial charge in [-0.3, -0.25) is 14.3 Å². The first-order valence-electron chi connectivity index (χ1n) is 6.61. The first-order valence-corrected chi connectivity index (χ1v) is 6.61. The lowest BCUT2D eigenvalue weighted by atomic mass is 10.2. The molecule has 0 aliphatic rings. The smallest absolute Gasteiger partial charge is 0.305 e. The molecule has 0 spiro atoms. The van der Waals surface area contributed by atoms with Gasteiger partial charge in [-0.25, -0.2) is 0 Å². The number of rotatable bonds is 6. The number of aliphatic carboxylic acids is 1. The maximum absolute atomic E-state index is 12.5. The van der Waals surface area contributed by atoms with E-state index in [1.807, 2.05) is 30.3 Å². The Morgan fingerprint density at radius 1 is 1.24 bits per heavy atom. The van der Waals surface area contributed by atoms with Crippen molar-refractivity contribution in [2.24, 2.45) is 7.05 Å². The van der Waals surface area contributed by atoms with Gasteiger partial charge in [-0.05, 0) is 11.6 Å². The Morgan fingerprint density at radius 3 is 2.52 bits per heavy atom. The van der Waals surface area contributed by atoms with Crippen LogP contribution in [0.5, 0.6) is 0 Å². The largest absolute Gasteiger partial charge is 0.481 e. The van der Waals surface area contributed by atoms with Crippen LogP contribution in [0.4, 0.5) is 0 Å². The molecule has 2 rings (SSSR count). The second-order valence-electron chi connectivity index (χ2n) is 4.70. The molecule has 1 heterocycles. The van der Waals surface area contributed by atoms with Crippen LogP contribution in [0.25, 0.3) is 0 Å². The third-order valence-electron chi connectivity index (χ3n) is 3.14. The van der Waals surface area contributed by atoms with Gasteiger partial charge in [-0.15, -0.1) is 0 Å². The van der Waals surface area contributed by atoms with Crippen molar-refractivity contribution >= 4 is 11.9 Å². The van der Waals surface area contributed by atoms with Crippen LogP contribution < -0.4 is 0 Å². The van der Waals surface area contributed by atoms with Gasteiger partial charge in [0.25, 0.3) is 5.91 Å². The molecule has 1 N–H and O–H groups in total. The Hall–Kier alpha value is -2.63. The lowest BCUT2D eigenvalue weighted by Crippen LogP contribution is -2.33. The van der Waals surface area contributed by atoms with Crippen LogP contribution in [0.2, 0.25) is 0 Å². The van der Waals surface area contributed by atoms with Crippen molar-refractivity contribution < 1.29 is 14.7 Å². The first-order chi connectivity index (χ1) is 10.1. The minimum absolute atomic E-state index is 0.0869. The summed E-state index contributed by atoms with van der Waals surface area (Å²) in [5, 5.41) is 12.8. The SMILES string of the molecule is Cn1nccc1C(=O)N(CCC(=O)O)Cc1ccccc1. The van der Waals surface area contributed by atoms with Gasteiger partial charge in [0, 0.05) is 26.3 Å². The van der Waals surface area contributed by atoms with Crippen molar-refractivity contribution in [1.29, 1.82) is 0 Å². The Labute approximate surface area is 122 Å². The lowest BCUT2D eigenvalue weighted by Gasteiger charge is -2.22. The fourth-order valence-corrected chi connectivity index (χ4v) is 2.03. The van der Waals surface area contributed by atoms with E-state index >= 15 is 0 Å². The van der Waals surface area contributed by atoms with Crippen molar-refractivity contribution in [3.8, 4) is 0 Å². The maximum atomic E-state index is 12.5. The number of aromatic nitrogens is 2. The van der Waals surface area contributed by atoms with Gasteiger partial charge in [0.2, 0.25) is 0 Å². The van der Waals surface area contributed by atoms with Crippen molar-refractivity contribution in [2.75, 3.05) is 6.54 Å². The average molecular weight is 287 g/mol. The number of aryl methyl sites for hydroxylation is 1. The number of hydrogen-bond donors (Lipinski definition) is 1. The van der Waals surface area contributed by atoms with E-state index in [9.17, 15) is 9.59 Å². The predicted octanol–water partition coefficient (Wildman–Crippen LogP) is 1.54. The Balaban J connectivity index is 2.17. The quantitative estimate of drug-likeness (QED) is 0.874. The zero-order valence-corrected chi connectivity index (χ0v) is 11.8. The molecule has 0 radical (unpaired) electrons. The molecule has 1 aromatic heterocycles. The van der Waals surface area contributed by atoms with Crippen molar-refractivity contribution in [1.82, 2.24) is 14.7 Å². The molecule has 0 saturated carbocycles. The van der Waals surface area contributed by atoms with E-state index in [4.69, 9.17) is 5.11 Å². The molecule has 0 fully saturated rings. The highest BCUT2D eigenvalue weighted by atomic mass is 16.4. The van der Waals surface area contributed by atoms with Gasteiger partial charge >= 0.3 is 5.97 Å². The highest BCUT2D eigenvalue weighted by Crippen LogP contribution is 2.10. The standard InChI is InChI=1S/C15H17N3O3/c1-17-13(7-9-16-17)15(21)18(10-8-14(19)20)11-12-5-3-2-4-6-12/h2-7,9H,8,10-11H2,1H3,(H,19,20). The number of benzene rings is 1. The van der Waals surface area contributed by atoms with E-state index in [1.54, 1.807) is 19.3 Å². The van der Waals surface area contributed by atoms with Crippen LogP contribution in [-0.2, 0) is 18.4 Å². The number of amides is 1. The van der Waals surface area contributed by atoms with Crippen LogP contribution in [0.15, 0.2) is 42.6 Å². The number of nitrogens with zero attached hydrogens (tertiary/aromatic N) is 3. The van der Waals surface area contributed by atoms with Gasteiger partial charge in [0.15, 0.2) is 0 Å². The highest BCUT2D eigenvalue weighted by molar-refractivity contribution is 5.92. The number of hydrogen-bond acceptors (Lipinski definition) is 3. The summed E-state index contributed by atoms with van der Waals surface area (Å²) in [6.45, 7) is 0.534. The molecule has 0 saturated heterocycles. The first kappa shape index (κ1) is 14.8. The number of carboxylic acids is 1. The third kappa shape index (κ3) is 3.92. The summed E-state index contributed by atoms with van der Waals surface area (Å²) < 4.78 is 1.49. The molecule has 1 aromatic carbocycles. The summed E-state index contributed by atoms with van der Waals surface area (Å²) in [7, 11) is 1.69. The molecule has 6 heteroatoms. The monoisotopic (exact) mass is 287 g/mol. The number of carbonyl (C=O) groups excluding carboxylic acids is 1. The van der Waals surface area contributed by atoms with Crippen molar-refractivity contribution in [3.63, 3.8) is 0 Å². The topological polar surface area (TPSA) is 75.4 Å². The van der Waals surface area contributed by atoms with Crippen LogP contribution >= 0.6 is 0 Å². The summed E-state index contributed by atoms with van der Waals surface area (Å²) in [6, 6.07) is 11.1.